The first-order chi connectivity index (χ1) is 40.2. The number of halogens is 1. The highest BCUT2D eigenvalue weighted by Gasteiger charge is 2.11. The zero-order valence-corrected chi connectivity index (χ0v) is 44.2. The molecule has 10 rings (SSSR count). The number of carbonyl (C=O) groups excluding carboxylic acids is 2. The van der Waals surface area contributed by atoms with Gasteiger partial charge in [-0.25, -0.2) is 4.39 Å². The van der Waals surface area contributed by atoms with E-state index in [4.69, 9.17) is 50.1 Å². The molecule has 0 atom stereocenters. The van der Waals surface area contributed by atoms with E-state index in [0.717, 1.165) is 52.6 Å². The number of nitrogens with zero attached hydrogens (tertiary/aromatic N) is 4. The van der Waals surface area contributed by atoms with Crippen molar-refractivity contribution in [2.75, 3.05) is 11.1 Å². The number of nitrogens with two attached hydrogens (primary N) is 2. The maximum Gasteiger partial charge on any atom is 0.291 e. The van der Waals surface area contributed by atoms with Crippen molar-refractivity contribution in [3.63, 3.8) is 0 Å². The Hall–Kier alpha value is -12.0. The summed E-state index contributed by atoms with van der Waals surface area (Å²) in [6, 6.07) is 62.8. The van der Waals surface area contributed by atoms with Crippen LogP contribution < -0.4 is 36.3 Å². The van der Waals surface area contributed by atoms with Gasteiger partial charge in [0.1, 0.15) is 46.1 Å². The lowest BCUT2D eigenvalue weighted by Crippen LogP contribution is -2.22. The number of nitro groups is 2. The van der Waals surface area contributed by atoms with Gasteiger partial charge in [0.2, 0.25) is 0 Å². The van der Waals surface area contributed by atoms with Crippen LogP contribution in [0.4, 0.5) is 27.1 Å². The number of amides is 2. The van der Waals surface area contributed by atoms with Gasteiger partial charge in [-0.3, -0.25) is 29.8 Å². The van der Waals surface area contributed by atoms with Crippen LogP contribution in [0, 0.1) is 48.7 Å². The third kappa shape index (κ3) is 22.6. The number of nitrogen functional groups attached to an aromatic ring is 1. The number of ether oxygens (including phenoxy) is 3. The number of hydrogen-bond donors (Lipinski definition) is 5. The van der Waals surface area contributed by atoms with E-state index in [9.17, 15) is 34.2 Å². The molecule has 85 heavy (non-hydrogen) atoms. The molecule has 0 saturated heterocycles. The molecular weight excluding hydrogens is 1090 g/mol. The molecule has 0 aliphatic carbocycles. The molecule has 8 aromatic carbocycles. The Labute approximate surface area is 489 Å². The number of phenols is 1. The van der Waals surface area contributed by atoms with E-state index in [-0.39, 0.29) is 56.3 Å². The Morgan fingerprint density at radius 3 is 1.46 bits per heavy atom. The van der Waals surface area contributed by atoms with Crippen molar-refractivity contribution in [1.29, 1.82) is 10.5 Å². The molecule has 2 heterocycles. The van der Waals surface area contributed by atoms with Crippen LogP contribution in [0.3, 0.4) is 0 Å². The van der Waals surface area contributed by atoms with Gasteiger partial charge in [-0.15, -0.1) is 0 Å². The highest BCUT2D eigenvalue weighted by atomic mass is 19.1. The number of nitro benzene ring substituents is 2. The van der Waals surface area contributed by atoms with Crippen molar-refractivity contribution in [2.45, 2.75) is 20.5 Å². The summed E-state index contributed by atoms with van der Waals surface area (Å²) in [6.07, 6.45) is 2.90. The predicted molar refractivity (Wildman–Crippen MR) is 317 cm³/mol. The van der Waals surface area contributed by atoms with Crippen LogP contribution >= 0.6 is 0 Å². The second-order valence-electron chi connectivity index (χ2n) is 16.8. The van der Waals surface area contributed by atoms with E-state index < -0.39 is 15.7 Å². The summed E-state index contributed by atoms with van der Waals surface area (Å²) >= 11 is 0. The summed E-state index contributed by atoms with van der Waals surface area (Å²) < 4.78 is 39.3. The zero-order chi connectivity index (χ0) is 59.3. The molecule has 0 fully saturated rings. The fraction of sp³-hybridized carbons (Fsp3) is 0.0476. The molecule has 10 aromatic rings. The molecule has 0 aliphatic rings. The van der Waals surface area contributed by atoms with E-state index in [2.05, 4.69) is 10.6 Å². The average molecular weight is 1140 g/mol. The first kappa shape index (κ1) is 65.5. The second kappa shape index (κ2) is 34.2. The lowest BCUT2D eigenvalue weighted by Gasteiger charge is -2.09. The van der Waals surface area contributed by atoms with Crippen molar-refractivity contribution >= 4 is 43.0 Å². The highest BCUT2D eigenvalue weighted by Crippen LogP contribution is 2.27. The van der Waals surface area contributed by atoms with E-state index in [1.807, 2.05) is 84.9 Å². The number of phenolic OH excluding ortho intramolecular Hbond substituents is 1. The van der Waals surface area contributed by atoms with Crippen molar-refractivity contribution in [3.05, 3.63) is 291 Å². The van der Waals surface area contributed by atoms with Gasteiger partial charge in [-0.05, 0) is 169 Å². The largest absolute Gasteiger partial charge is 0.508 e. The summed E-state index contributed by atoms with van der Waals surface area (Å²) in [4.78, 5) is 43.4. The molecule has 0 unspecified atom stereocenters. The van der Waals surface area contributed by atoms with Gasteiger partial charge in [-0.1, -0.05) is 43.8 Å². The Morgan fingerprint density at radius 1 is 0.553 bits per heavy atom. The number of anilines is 2. The summed E-state index contributed by atoms with van der Waals surface area (Å²) in [5.41, 5.74) is 15.3. The van der Waals surface area contributed by atoms with Crippen LogP contribution in [0.5, 0.6) is 40.2 Å². The van der Waals surface area contributed by atoms with E-state index in [1.165, 1.54) is 48.9 Å². The molecule has 7 N–H and O–H groups in total. The maximum absolute atomic E-state index is 12.1. The van der Waals surface area contributed by atoms with Gasteiger partial charge in [0, 0.05) is 57.1 Å². The fourth-order valence-electron chi connectivity index (χ4n) is 6.69. The normalized spacial score (nSPS) is 9.55. The van der Waals surface area contributed by atoms with Gasteiger partial charge in [0.25, 0.3) is 23.2 Å². The Kier molecular flexibility index (Phi) is 26.4. The Bertz CT molecular complexity index is 3790. The topological polar surface area (TPSA) is 318 Å². The number of furan rings is 2. The summed E-state index contributed by atoms with van der Waals surface area (Å²) in [5, 5.41) is 51.9. The van der Waals surface area contributed by atoms with Gasteiger partial charge < -0.3 is 50.3 Å². The molecule has 20 nitrogen and oxygen atoms in total. The third-order valence-corrected chi connectivity index (χ3v) is 10.7. The third-order valence-electron chi connectivity index (χ3n) is 10.7. The van der Waals surface area contributed by atoms with E-state index in [0.29, 0.717) is 52.9 Å². The number of nitrogens with one attached hydrogen (secondary N) is 2. The van der Waals surface area contributed by atoms with Crippen LogP contribution in [0.15, 0.2) is 240 Å². The van der Waals surface area contributed by atoms with Gasteiger partial charge in [-0.2, -0.15) is 10.5 Å². The quantitative estimate of drug-likeness (QED) is 0.0292. The molecule has 3 radical (unpaired) electrons. The van der Waals surface area contributed by atoms with Crippen molar-refractivity contribution in [1.82, 2.24) is 5.32 Å². The molecule has 427 valence electrons. The van der Waals surface area contributed by atoms with Gasteiger partial charge in [0.15, 0.2) is 11.5 Å². The van der Waals surface area contributed by atoms with Gasteiger partial charge in [0.05, 0.1) is 45.6 Å². The minimum Gasteiger partial charge on any atom is -0.508 e. The molecule has 2 aromatic heterocycles. The number of rotatable bonds is 14. The molecular formula is C63H53BFN8O12. The maximum atomic E-state index is 12.1. The molecule has 0 spiro atoms. The lowest BCUT2D eigenvalue weighted by molar-refractivity contribution is -0.385. The molecule has 22 heteroatoms. The lowest BCUT2D eigenvalue weighted by atomic mass is 10.2. The van der Waals surface area contributed by atoms with Gasteiger partial charge >= 0.3 is 0 Å². The minimum atomic E-state index is -0.570. The number of carbonyl (C=O) groups is 2. The summed E-state index contributed by atoms with van der Waals surface area (Å²) in [6.45, 7) is 0.855. The van der Waals surface area contributed by atoms with Crippen LogP contribution in [0.2, 0.25) is 0 Å². The molecule has 0 saturated carbocycles. The number of aromatic hydroxyl groups is 1. The zero-order valence-electron chi connectivity index (χ0n) is 44.2. The standard InChI is InChI=1S/C23H18N2O5.C13H8N2O3.C13H14N2O.C7H5NO.C6H4FNO2.CH4.B/c26-22(20-6-2-12-28-20)24-15-16-4-1-5-19(14-16)30-18-10-8-17(9-11-18)25-23(27)21-7-3-13-29-21;14-9-10-2-1-3-13(8-10)18-12-6-4-11(5-7-12)15(16)17;14-9-10-2-1-3-13(8-10)16-12-6-4-11(15)5-7-12;8-5-6-2-1-3-7(9)4-6;7-5-1-3-6(4-2-5)8(9)10;;/h1-14H,15H2,(H,24,26)(H,25,27);1-8H;1-8H,9,14-15H2;1-4,9H;1-4H;1H4;. The Balaban J connectivity index is 0.000000243. The summed E-state index contributed by atoms with van der Waals surface area (Å²) in [5.74, 6) is 3.37. The first-order valence-corrected chi connectivity index (χ1v) is 24.5. The average Bonchev–Trinajstić information content (AvgIpc) is 4.27. The Morgan fingerprint density at radius 2 is 0.988 bits per heavy atom. The van der Waals surface area contributed by atoms with Crippen LogP contribution in [0.25, 0.3) is 0 Å². The van der Waals surface area contributed by atoms with E-state index in [1.54, 1.807) is 84.9 Å². The number of non-ortho nitro benzene ring substituents is 2. The predicted octanol–water partition coefficient (Wildman–Crippen LogP) is 13.9. The molecule has 0 bridgehead atoms. The number of nitriles is 2. The fourth-order valence-corrected chi connectivity index (χ4v) is 6.69. The second-order valence-corrected chi connectivity index (χ2v) is 16.8. The monoisotopic (exact) mass is 1140 g/mol. The number of hydrogen-bond acceptors (Lipinski definition) is 16. The van der Waals surface area contributed by atoms with Crippen LogP contribution in [-0.4, -0.2) is 35.2 Å². The minimum absolute atomic E-state index is 0. The van der Waals surface area contributed by atoms with E-state index >= 15 is 0 Å². The van der Waals surface area contributed by atoms with Crippen molar-refractivity contribution in [3.8, 4) is 52.4 Å². The smallest absolute Gasteiger partial charge is 0.291 e. The van der Waals surface area contributed by atoms with Crippen molar-refractivity contribution in [2.24, 2.45) is 5.73 Å². The van der Waals surface area contributed by atoms with Crippen LogP contribution in [0.1, 0.15) is 50.8 Å². The first-order valence-electron chi connectivity index (χ1n) is 24.5. The molecule has 2 amide bonds. The molecule has 0 aliphatic heterocycles. The summed E-state index contributed by atoms with van der Waals surface area (Å²) in [7, 11) is 0. The van der Waals surface area contributed by atoms with Crippen LogP contribution in [-0.2, 0) is 13.1 Å². The SMILES string of the molecule is C.N#Cc1cccc(O)c1.N#Cc1cccc(Oc2ccc([N+](=O)[O-])cc2)c1.NCc1cccc(Oc2ccc(N)cc2)c1.O=C(NCc1cccc(Oc2ccc(NC(=O)c3ccco3)cc2)c1)c1ccco1.O=[N+]([O-])c1ccc(F)cc1.[B]. The van der Waals surface area contributed by atoms with Crippen molar-refractivity contribution < 1.29 is 52.0 Å². The number of benzene rings is 8. The highest BCUT2D eigenvalue weighted by molar-refractivity contribution is 6.02.